The van der Waals surface area contributed by atoms with Gasteiger partial charge in [-0.2, -0.15) is 0 Å². The monoisotopic (exact) mass is 583 g/mol. The van der Waals surface area contributed by atoms with Crippen molar-refractivity contribution in [2.75, 3.05) is 10.2 Å². The predicted molar refractivity (Wildman–Crippen MR) is 168 cm³/mol. The zero-order valence-corrected chi connectivity index (χ0v) is 24.4. The van der Waals surface area contributed by atoms with Gasteiger partial charge in [-0.1, -0.05) is 77.9 Å². The number of nitrogens with one attached hydrogen (secondary N) is 1. The Balaban J connectivity index is 1.55. The molecule has 218 valence electrons. The number of benzene rings is 4. The van der Waals surface area contributed by atoms with Gasteiger partial charge in [-0.25, -0.2) is 0 Å². The number of allylic oxidation sites excluding steroid dienone is 1. The molecule has 0 bridgehead atoms. The number of aryl methyl sites for hydroxylation is 2. The number of anilines is 2. The largest absolute Gasteiger partial charge is 0.352 e. The van der Waals surface area contributed by atoms with Gasteiger partial charge in [0.05, 0.1) is 16.9 Å². The lowest BCUT2D eigenvalue weighted by molar-refractivity contribution is -0.384. The van der Waals surface area contributed by atoms with E-state index in [0.29, 0.717) is 16.8 Å². The fraction of sp³-hybridized carbons (Fsp3) is 0.194. The first-order valence-corrected chi connectivity index (χ1v) is 14.5. The molecule has 4 aromatic carbocycles. The molecule has 4 aromatic rings. The first kappa shape index (κ1) is 27.5. The van der Waals surface area contributed by atoms with Crippen molar-refractivity contribution in [3.63, 3.8) is 0 Å². The molecule has 0 aliphatic carbocycles. The predicted octanol–water partition coefficient (Wildman–Crippen LogP) is 6.46. The summed E-state index contributed by atoms with van der Waals surface area (Å²) in [6.45, 7) is 5.91. The third kappa shape index (κ3) is 3.80. The summed E-state index contributed by atoms with van der Waals surface area (Å²) in [6.07, 6.45) is 2.00. The van der Waals surface area contributed by atoms with E-state index in [9.17, 15) is 24.5 Å². The van der Waals surface area contributed by atoms with Crippen LogP contribution in [0.4, 0.5) is 17.1 Å². The van der Waals surface area contributed by atoms with Crippen molar-refractivity contribution in [1.82, 2.24) is 0 Å². The van der Waals surface area contributed by atoms with E-state index in [1.165, 1.54) is 24.3 Å². The second kappa shape index (κ2) is 9.84. The zero-order valence-electron chi connectivity index (χ0n) is 24.4. The molecule has 1 spiro atoms. The number of hydrogen-bond acceptors (Lipinski definition) is 6. The van der Waals surface area contributed by atoms with Crippen LogP contribution in [0.2, 0.25) is 0 Å². The molecule has 0 radical (unpaired) electrons. The van der Waals surface area contributed by atoms with Gasteiger partial charge >= 0.3 is 0 Å². The average molecular weight is 584 g/mol. The molecular formula is C36H29N3O5. The summed E-state index contributed by atoms with van der Waals surface area (Å²) in [5.41, 5.74) is 4.61. The molecule has 0 unspecified atom stereocenters. The summed E-state index contributed by atoms with van der Waals surface area (Å²) in [5, 5.41) is 14.7. The molecule has 3 aliphatic heterocycles. The summed E-state index contributed by atoms with van der Waals surface area (Å²) in [5.74, 6) is -2.38. The molecule has 3 aliphatic rings. The van der Waals surface area contributed by atoms with E-state index < -0.39 is 34.1 Å². The third-order valence-corrected chi connectivity index (χ3v) is 9.36. The van der Waals surface area contributed by atoms with Crippen molar-refractivity contribution >= 4 is 40.1 Å². The first-order valence-electron chi connectivity index (χ1n) is 14.5. The summed E-state index contributed by atoms with van der Waals surface area (Å²) in [7, 11) is 0. The molecule has 44 heavy (non-hydrogen) atoms. The number of para-hydroxylation sites is 1. The van der Waals surface area contributed by atoms with E-state index in [0.717, 1.165) is 28.0 Å². The van der Waals surface area contributed by atoms with E-state index in [1.807, 2.05) is 74.2 Å². The van der Waals surface area contributed by atoms with Crippen LogP contribution in [0, 0.1) is 29.9 Å². The van der Waals surface area contributed by atoms with Crippen LogP contribution in [0.3, 0.4) is 0 Å². The van der Waals surface area contributed by atoms with Crippen molar-refractivity contribution in [2.24, 2.45) is 5.92 Å². The number of carbonyl (C=O) groups excluding carboxylic acids is 3. The molecule has 1 amide bonds. The molecule has 8 nitrogen and oxygen atoms in total. The van der Waals surface area contributed by atoms with E-state index >= 15 is 0 Å². The van der Waals surface area contributed by atoms with Gasteiger partial charge < -0.3 is 10.2 Å². The Labute approximate surface area is 254 Å². The Hall–Kier alpha value is -5.37. The lowest BCUT2D eigenvalue weighted by Crippen LogP contribution is -2.51. The smallest absolute Gasteiger partial charge is 0.270 e. The van der Waals surface area contributed by atoms with E-state index in [-0.39, 0.29) is 22.9 Å². The number of Topliss-reactive ketones (excluding diaryl/α,β-unsaturated/α-hetero) is 2. The quantitative estimate of drug-likeness (QED) is 0.164. The van der Waals surface area contributed by atoms with Crippen LogP contribution in [-0.2, 0) is 10.2 Å². The Morgan fingerprint density at radius 2 is 1.57 bits per heavy atom. The Morgan fingerprint density at radius 3 is 2.32 bits per heavy atom. The number of nitro groups is 1. The highest BCUT2D eigenvalue weighted by Crippen LogP contribution is 2.59. The second-order valence-electron chi connectivity index (χ2n) is 11.9. The lowest BCUT2D eigenvalue weighted by Gasteiger charge is -2.39. The maximum absolute atomic E-state index is 14.9. The molecule has 0 aromatic heterocycles. The number of carbonyl (C=O) groups is 3. The van der Waals surface area contributed by atoms with Gasteiger partial charge in [0.2, 0.25) is 5.91 Å². The molecule has 4 atom stereocenters. The van der Waals surface area contributed by atoms with Gasteiger partial charge in [0.1, 0.15) is 11.5 Å². The van der Waals surface area contributed by atoms with Crippen molar-refractivity contribution in [2.45, 2.75) is 38.3 Å². The fourth-order valence-electron chi connectivity index (χ4n) is 7.39. The zero-order chi connectivity index (χ0) is 30.9. The van der Waals surface area contributed by atoms with Crippen LogP contribution in [0.25, 0.3) is 5.57 Å². The summed E-state index contributed by atoms with van der Waals surface area (Å²) >= 11 is 0. The van der Waals surface area contributed by atoms with E-state index in [2.05, 4.69) is 11.4 Å². The number of amides is 1. The van der Waals surface area contributed by atoms with Crippen LogP contribution >= 0.6 is 0 Å². The summed E-state index contributed by atoms with van der Waals surface area (Å²) in [6, 6.07) is 24.2. The number of hydrogen-bond donors (Lipinski definition) is 1. The molecule has 3 heterocycles. The SMILES string of the molecule is CC1=C[C@@H]2N(c3ccc(C)cc31)[C@H](C(=O)c1ccc(C)cc1)[C@H](C(=O)c1cccc([N+](=O)[O-])c1)[C@@]21C(=O)Nc2ccccc21. The highest BCUT2D eigenvalue weighted by Gasteiger charge is 2.70. The van der Waals surface area contributed by atoms with E-state index in [1.54, 1.807) is 18.2 Å². The molecular weight excluding hydrogens is 554 g/mol. The minimum absolute atomic E-state index is 0.0761. The highest BCUT2D eigenvalue weighted by molar-refractivity contribution is 6.18. The molecule has 1 saturated heterocycles. The normalized spacial score (nSPS) is 23.0. The van der Waals surface area contributed by atoms with Crippen LogP contribution in [0.15, 0.2) is 97.1 Å². The van der Waals surface area contributed by atoms with Crippen LogP contribution in [0.1, 0.15) is 49.9 Å². The van der Waals surface area contributed by atoms with E-state index in [4.69, 9.17) is 0 Å². The van der Waals surface area contributed by atoms with Crippen molar-refractivity contribution < 1.29 is 19.3 Å². The van der Waals surface area contributed by atoms with Gasteiger partial charge in [-0.3, -0.25) is 24.5 Å². The standard InChI is InChI=1S/C36H29N3O5/c1-20-11-14-23(15-12-20)34(41)32-31(33(40)24-7-6-8-25(19-24)39(43)44)36(27-9-4-5-10-28(27)37-35(36)42)30-18-22(3)26-17-21(2)13-16-29(26)38(30)32/h4-19,30-32H,1-3H3,(H,37,42)/t30-,31+,32-,36-/m0/s1. The van der Waals surface area contributed by atoms with Crippen LogP contribution in [-0.4, -0.2) is 34.5 Å². The number of nitro benzene ring substituents is 1. The maximum atomic E-state index is 14.9. The van der Waals surface area contributed by atoms with Crippen molar-refractivity contribution in [1.29, 1.82) is 0 Å². The number of ketones is 2. The lowest BCUT2D eigenvalue weighted by atomic mass is 9.64. The molecule has 1 N–H and O–H groups in total. The maximum Gasteiger partial charge on any atom is 0.270 e. The van der Waals surface area contributed by atoms with Crippen molar-refractivity contribution in [3.8, 4) is 0 Å². The molecule has 0 saturated carbocycles. The van der Waals surface area contributed by atoms with Gasteiger partial charge in [0.25, 0.3) is 5.69 Å². The van der Waals surface area contributed by atoms with Crippen LogP contribution < -0.4 is 10.2 Å². The number of fused-ring (bicyclic) bond motifs is 6. The Morgan fingerprint density at radius 1 is 0.841 bits per heavy atom. The Bertz CT molecular complexity index is 1950. The minimum atomic E-state index is -1.49. The Kier molecular flexibility index (Phi) is 6.14. The first-order chi connectivity index (χ1) is 21.1. The summed E-state index contributed by atoms with van der Waals surface area (Å²) in [4.78, 5) is 57.3. The minimum Gasteiger partial charge on any atom is -0.352 e. The second-order valence-corrected chi connectivity index (χ2v) is 11.9. The molecule has 7 rings (SSSR count). The fourth-order valence-corrected chi connectivity index (χ4v) is 7.39. The topological polar surface area (TPSA) is 110 Å². The van der Waals surface area contributed by atoms with Crippen molar-refractivity contribution in [3.05, 3.63) is 141 Å². The highest BCUT2D eigenvalue weighted by atomic mass is 16.6. The van der Waals surface area contributed by atoms with Gasteiger partial charge in [-0.05, 0) is 50.1 Å². The number of nitrogens with zero attached hydrogens (tertiary/aromatic N) is 2. The van der Waals surface area contributed by atoms with Gasteiger partial charge in [-0.15, -0.1) is 0 Å². The third-order valence-electron chi connectivity index (χ3n) is 9.36. The number of non-ortho nitro benzene ring substituents is 1. The van der Waals surface area contributed by atoms with Crippen LogP contribution in [0.5, 0.6) is 0 Å². The van der Waals surface area contributed by atoms with Gasteiger partial charge in [0.15, 0.2) is 11.6 Å². The molecule has 1 fully saturated rings. The number of rotatable bonds is 5. The van der Waals surface area contributed by atoms with Gasteiger partial charge in [0, 0.05) is 40.2 Å². The molecule has 8 heteroatoms. The summed E-state index contributed by atoms with van der Waals surface area (Å²) < 4.78 is 0. The average Bonchev–Trinajstić information content (AvgIpc) is 3.49.